The van der Waals surface area contributed by atoms with Crippen molar-refractivity contribution in [3.63, 3.8) is 0 Å². The van der Waals surface area contributed by atoms with Gasteiger partial charge in [0.05, 0.1) is 16.0 Å². The van der Waals surface area contributed by atoms with Crippen LogP contribution in [0, 0.1) is 10.1 Å². The lowest BCUT2D eigenvalue weighted by atomic mass is 10.2. The number of aromatic nitrogens is 2. The highest BCUT2D eigenvalue weighted by atomic mass is 16.6. The lowest BCUT2D eigenvalue weighted by Crippen LogP contribution is -2.14. The number of fused-ring (bicyclic) bond motifs is 1. The molecular formula is C10H11N5O2. The zero-order valence-corrected chi connectivity index (χ0v) is 9.41. The van der Waals surface area contributed by atoms with E-state index >= 15 is 0 Å². The Balaban J connectivity index is 2.68. The minimum absolute atomic E-state index is 0.0127. The highest BCUT2D eigenvalue weighted by Crippen LogP contribution is 2.23. The Labute approximate surface area is 97.0 Å². The van der Waals surface area contributed by atoms with Gasteiger partial charge < -0.3 is 10.6 Å². The summed E-state index contributed by atoms with van der Waals surface area (Å²) < 4.78 is 0. The Bertz CT molecular complexity index is 597. The zero-order valence-electron chi connectivity index (χ0n) is 9.41. The van der Waals surface area contributed by atoms with Gasteiger partial charge in [0.1, 0.15) is 0 Å². The second-order valence-corrected chi connectivity index (χ2v) is 3.76. The number of anilines is 2. The molecule has 0 aliphatic rings. The number of rotatable bonds is 2. The summed E-state index contributed by atoms with van der Waals surface area (Å²) >= 11 is 0. The molecule has 2 aromatic rings. The van der Waals surface area contributed by atoms with E-state index in [0.29, 0.717) is 22.7 Å². The quantitative estimate of drug-likeness (QED) is 0.617. The van der Waals surface area contributed by atoms with Crippen molar-refractivity contribution < 1.29 is 4.92 Å². The summed E-state index contributed by atoms with van der Waals surface area (Å²) in [5.41, 5.74) is 6.72. The molecule has 0 atom stereocenters. The van der Waals surface area contributed by atoms with Crippen LogP contribution in [0.3, 0.4) is 0 Å². The number of hydrogen-bond acceptors (Lipinski definition) is 6. The molecule has 0 aliphatic heterocycles. The standard InChI is InChI=1S/C10H11N5O2/c1-14(2)10-9(11)12-7-4-3-6(15(16)17)5-8(7)13-10/h3-5H,1-2H3,(H2,11,12). The third-order valence-corrected chi connectivity index (χ3v) is 2.29. The van der Waals surface area contributed by atoms with E-state index in [1.54, 1.807) is 19.0 Å². The smallest absolute Gasteiger partial charge is 0.271 e. The first-order valence-corrected chi connectivity index (χ1v) is 4.88. The highest BCUT2D eigenvalue weighted by Gasteiger charge is 2.11. The van der Waals surface area contributed by atoms with E-state index in [0.717, 1.165) is 0 Å². The van der Waals surface area contributed by atoms with Crippen LogP contribution in [-0.2, 0) is 0 Å². The molecule has 0 fully saturated rings. The van der Waals surface area contributed by atoms with Gasteiger partial charge in [0.25, 0.3) is 5.69 Å². The lowest BCUT2D eigenvalue weighted by molar-refractivity contribution is -0.384. The Hall–Kier alpha value is -2.44. The van der Waals surface area contributed by atoms with Gasteiger partial charge >= 0.3 is 0 Å². The molecule has 2 rings (SSSR count). The molecule has 0 saturated heterocycles. The van der Waals surface area contributed by atoms with Crippen molar-refractivity contribution >= 4 is 28.4 Å². The van der Waals surface area contributed by atoms with Gasteiger partial charge in [-0.1, -0.05) is 0 Å². The van der Waals surface area contributed by atoms with Crippen molar-refractivity contribution in [2.24, 2.45) is 0 Å². The Morgan fingerprint density at radius 3 is 2.59 bits per heavy atom. The van der Waals surface area contributed by atoms with Gasteiger partial charge in [-0.05, 0) is 6.07 Å². The molecule has 2 N–H and O–H groups in total. The predicted molar refractivity (Wildman–Crippen MR) is 64.9 cm³/mol. The maximum absolute atomic E-state index is 10.7. The van der Waals surface area contributed by atoms with Gasteiger partial charge in [0.15, 0.2) is 11.6 Å². The fraction of sp³-hybridized carbons (Fsp3) is 0.200. The molecule has 0 bridgehead atoms. The van der Waals surface area contributed by atoms with Crippen molar-refractivity contribution in [1.82, 2.24) is 9.97 Å². The third kappa shape index (κ3) is 1.94. The van der Waals surface area contributed by atoms with Gasteiger partial charge in [-0.25, -0.2) is 9.97 Å². The predicted octanol–water partition coefficient (Wildman–Crippen LogP) is 1.19. The summed E-state index contributed by atoms with van der Waals surface area (Å²) in [7, 11) is 3.56. The Kier molecular flexibility index (Phi) is 2.51. The molecule has 0 saturated carbocycles. The monoisotopic (exact) mass is 233 g/mol. The van der Waals surface area contributed by atoms with Gasteiger partial charge in [0.2, 0.25) is 0 Å². The molecule has 0 radical (unpaired) electrons. The lowest BCUT2D eigenvalue weighted by Gasteiger charge is -2.13. The van der Waals surface area contributed by atoms with Crippen LogP contribution in [-0.4, -0.2) is 29.0 Å². The normalized spacial score (nSPS) is 10.5. The van der Waals surface area contributed by atoms with Crippen molar-refractivity contribution in [3.05, 3.63) is 28.3 Å². The fourth-order valence-electron chi connectivity index (χ4n) is 1.49. The first-order chi connectivity index (χ1) is 7.99. The van der Waals surface area contributed by atoms with Crippen LogP contribution >= 0.6 is 0 Å². The van der Waals surface area contributed by atoms with Gasteiger partial charge in [0, 0.05) is 26.2 Å². The second kappa shape index (κ2) is 3.85. The summed E-state index contributed by atoms with van der Waals surface area (Å²) in [6.07, 6.45) is 0. The molecule has 7 nitrogen and oxygen atoms in total. The van der Waals surface area contributed by atoms with Gasteiger partial charge in [-0.15, -0.1) is 0 Å². The third-order valence-electron chi connectivity index (χ3n) is 2.29. The van der Waals surface area contributed by atoms with E-state index in [2.05, 4.69) is 9.97 Å². The number of hydrogen-bond donors (Lipinski definition) is 1. The van der Waals surface area contributed by atoms with Gasteiger partial charge in [-0.2, -0.15) is 0 Å². The number of nitro benzene ring substituents is 1. The Morgan fingerprint density at radius 2 is 2.00 bits per heavy atom. The van der Waals surface area contributed by atoms with E-state index in [9.17, 15) is 10.1 Å². The average Bonchev–Trinajstić information content (AvgIpc) is 2.27. The number of nitrogens with zero attached hydrogens (tertiary/aromatic N) is 4. The molecule has 88 valence electrons. The van der Waals surface area contributed by atoms with Gasteiger partial charge in [-0.3, -0.25) is 10.1 Å². The molecule has 0 aliphatic carbocycles. The number of nitro groups is 1. The first-order valence-electron chi connectivity index (χ1n) is 4.88. The summed E-state index contributed by atoms with van der Waals surface area (Å²) in [5.74, 6) is 0.800. The van der Waals surface area contributed by atoms with E-state index in [4.69, 9.17) is 5.73 Å². The van der Waals surface area contributed by atoms with Crippen LogP contribution < -0.4 is 10.6 Å². The number of non-ortho nitro benzene ring substituents is 1. The summed E-state index contributed by atoms with van der Waals surface area (Å²) in [6.45, 7) is 0. The largest absolute Gasteiger partial charge is 0.381 e. The first kappa shape index (κ1) is 11.1. The molecule has 0 amide bonds. The minimum Gasteiger partial charge on any atom is -0.381 e. The number of nitrogens with two attached hydrogens (primary N) is 1. The molecule has 1 aromatic carbocycles. The SMILES string of the molecule is CN(C)c1nc2cc([N+](=O)[O-])ccc2nc1N. The van der Waals surface area contributed by atoms with Crippen LogP contribution in [0.2, 0.25) is 0 Å². The van der Waals surface area contributed by atoms with Crippen LogP contribution in [0.1, 0.15) is 0 Å². The van der Waals surface area contributed by atoms with Crippen LogP contribution in [0.25, 0.3) is 11.0 Å². The summed E-state index contributed by atoms with van der Waals surface area (Å²) in [5, 5.41) is 10.7. The summed E-state index contributed by atoms with van der Waals surface area (Å²) in [6, 6.07) is 4.30. The van der Waals surface area contributed by atoms with Crippen LogP contribution in [0.4, 0.5) is 17.3 Å². The van der Waals surface area contributed by atoms with Crippen molar-refractivity contribution in [2.45, 2.75) is 0 Å². The van der Waals surface area contributed by atoms with Crippen molar-refractivity contribution in [3.8, 4) is 0 Å². The molecule has 17 heavy (non-hydrogen) atoms. The van der Waals surface area contributed by atoms with Crippen molar-refractivity contribution in [2.75, 3.05) is 24.7 Å². The maximum Gasteiger partial charge on any atom is 0.271 e. The molecular weight excluding hydrogens is 222 g/mol. The average molecular weight is 233 g/mol. The molecule has 7 heteroatoms. The molecule has 0 spiro atoms. The second-order valence-electron chi connectivity index (χ2n) is 3.76. The Morgan fingerprint density at radius 1 is 1.29 bits per heavy atom. The van der Waals surface area contributed by atoms with E-state index in [-0.39, 0.29) is 5.69 Å². The minimum atomic E-state index is -0.465. The van der Waals surface area contributed by atoms with E-state index in [1.807, 2.05) is 0 Å². The molecule has 1 aromatic heterocycles. The van der Waals surface area contributed by atoms with E-state index in [1.165, 1.54) is 18.2 Å². The van der Waals surface area contributed by atoms with Crippen molar-refractivity contribution in [1.29, 1.82) is 0 Å². The molecule has 1 heterocycles. The zero-order chi connectivity index (χ0) is 12.6. The van der Waals surface area contributed by atoms with E-state index < -0.39 is 4.92 Å². The number of benzene rings is 1. The number of nitrogen functional groups attached to an aromatic ring is 1. The molecule has 0 unspecified atom stereocenters. The fourth-order valence-corrected chi connectivity index (χ4v) is 1.49. The van der Waals surface area contributed by atoms with Crippen LogP contribution in [0.15, 0.2) is 18.2 Å². The highest BCUT2D eigenvalue weighted by molar-refractivity contribution is 5.81. The summed E-state index contributed by atoms with van der Waals surface area (Å²) in [4.78, 5) is 20.3. The topological polar surface area (TPSA) is 98.2 Å². The maximum atomic E-state index is 10.7. The van der Waals surface area contributed by atoms with Crippen LogP contribution in [0.5, 0.6) is 0 Å².